The van der Waals surface area contributed by atoms with Crippen LogP contribution in [-0.4, -0.2) is 36.6 Å². The Morgan fingerprint density at radius 3 is 3.00 bits per heavy atom. The third kappa shape index (κ3) is 3.56. The molecule has 2 heterocycles. The van der Waals surface area contributed by atoms with Gasteiger partial charge in [-0.1, -0.05) is 20.3 Å². The Morgan fingerprint density at radius 1 is 1.50 bits per heavy atom. The van der Waals surface area contributed by atoms with Crippen LogP contribution in [0.2, 0.25) is 0 Å². The lowest BCUT2D eigenvalue weighted by Crippen LogP contribution is -2.55. The van der Waals surface area contributed by atoms with E-state index in [2.05, 4.69) is 47.8 Å². The molecule has 2 rings (SSSR count). The maximum atomic E-state index is 3.67. The van der Waals surface area contributed by atoms with E-state index in [-0.39, 0.29) is 0 Å². The predicted molar refractivity (Wildman–Crippen MR) is 80.3 cm³/mol. The summed E-state index contributed by atoms with van der Waals surface area (Å²) in [7, 11) is 0. The van der Waals surface area contributed by atoms with Gasteiger partial charge in [0, 0.05) is 31.7 Å². The molecule has 3 unspecified atom stereocenters. The van der Waals surface area contributed by atoms with Crippen LogP contribution in [0.5, 0.6) is 0 Å². The minimum atomic E-state index is 0.660. The fraction of sp³-hybridized carbons (Fsp3) is 0.733. The molecule has 1 aliphatic heterocycles. The molecule has 1 aromatic heterocycles. The highest BCUT2D eigenvalue weighted by molar-refractivity contribution is 7.07. The maximum Gasteiger partial charge on any atom is 0.0221 e. The number of hydrogen-bond acceptors (Lipinski definition) is 3. The first-order valence-corrected chi connectivity index (χ1v) is 8.13. The number of nitrogens with zero attached hydrogens (tertiary/aromatic N) is 1. The van der Waals surface area contributed by atoms with Crippen molar-refractivity contribution in [1.29, 1.82) is 0 Å². The topological polar surface area (TPSA) is 15.3 Å². The molecule has 1 N–H and O–H groups in total. The molecule has 0 amide bonds. The molecule has 1 aliphatic rings. The van der Waals surface area contributed by atoms with Crippen molar-refractivity contribution in [2.24, 2.45) is 5.92 Å². The lowest BCUT2D eigenvalue weighted by atomic mass is 9.96. The number of hydrogen-bond donors (Lipinski definition) is 1. The zero-order chi connectivity index (χ0) is 13.0. The van der Waals surface area contributed by atoms with Crippen molar-refractivity contribution >= 4 is 11.3 Å². The van der Waals surface area contributed by atoms with E-state index in [1.165, 1.54) is 31.5 Å². The van der Waals surface area contributed by atoms with Crippen molar-refractivity contribution in [2.45, 2.75) is 45.7 Å². The summed E-state index contributed by atoms with van der Waals surface area (Å²) in [5.41, 5.74) is 1.49. The van der Waals surface area contributed by atoms with Gasteiger partial charge in [0.15, 0.2) is 0 Å². The van der Waals surface area contributed by atoms with Gasteiger partial charge in [-0.15, -0.1) is 0 Å². The Hall–Kier alpha value is -0.380. The third-order valence-corrected chi connectivity index (χ3v) is 5.03. The number of piperazine rings is 1. The van der Waals surface area contributed by atoms with Gasteiger partial charge in [-0.25, -0.2) is 0 Å². The molecule has 1 saturated heterocycles. The number of rotatable bonds is 5. The van der Waals surface area contributed by atoms with Gasteiger partial charge in [-0.2, -0.15) is 11.3 Å². The summed E-state index contributed by atoms with van der Waals surface area (Å²) in [5.74, 6) is 0.779. The van der Waals surface area contributed by atoms with Crippen LogP contribution in [0.25, 0.3) is 0 Å². The highest BCUT2D eigenvalue weighted by Crippen LogP contribution is 2.17. The van der Waals surface area contributed by atoms with Crippen LogP contribution < -0.4 is 5.32 Å². The van der Waals surface area contributed by atoms with E-state index in [9.17, 15) is 0 Å². The molecular formula is C15H26N2S. The van der Waals surface area contributed by atoms with Gasteiger partial charge in [0.25, 0.3) is 0 Å². The molecule has 0 aromatic carbocycles. The fourth-order valence-corrected chi connectivity index (χ4v) is 3.43. The molecule has 0 radical (unpaired) electrons. The molecule has 1 aromatic rings. The smallest absolute Gasteiger partial charge is 0.0221 e. The lowest BCUT2D eigenvalue weighted by Gasteiger charge is -2.39. The summed E-state index contributed by atoms with van der Waals surface area (Å²) in [6, 6.07) is 3.59. The van der Waals surface area contributed by atoms with E-state index in [4.69, 9.17) is 0 Å². The highest BCUT2D eigenvalue weighted by atomic mass is 32.1. The maximum absolute atomic E-state index is 3.67. The van der Waals surface area contributed by atoms with E-state index < -0.39 is 0 Å². The average molecular weight is 266 g/mol. The Morgan fingerprint density at radius 2 is 2.33 bits per heavy atom. The predicted octanol–water partition coefficient (Wildman–Crippen LogP) is 3.00. The van der Waals surface area contributed by atoms with Gasteiger partial charge < -0.3 is 5.32 Å². The Balaban J connectivity index is 1.88. The van der Waals surface area contributed by atoms with Crippen LogP contribution in [0.15, 0.2) is 16.8 Å². The van der Waals surface area contributed by atoms with Gasteiger partial charge in [-0.05, 0) is 41.7 Å². The number of nitrogens with one attached hydrogen (secondary N) is 1. The second-order valence-corrected chi connectivity index (χ2v) is 6.41. The van der Waals surface area contributed by atoms with Crippen molar-refractivity contribution < 1.29 is 0 Å². The second kappa shape index (κ2) is 6.69. The van der Waals surface area contributed by atoms with Gasteiger partial charge in [-0.3, -0.25) is 4.90 Å². The van der Waals surface area contributed by atoms with Crippen LogP contribution in [0.4, 0.5) is 0 Å². The fourth-order valence-electron chi connectivity index (χ4n) is 2.75. The average Bonchev–Trinajstić information content (AvgIpc) is 2.90. The zero-order valence-electron chi connectivity index (χ0n) is 11.9. The summed E-state index contributed by atoms with van der Waals surface area (Å²) in [6.45, 7) is 10.6. The summed E-state index contributed by atoms with van der Waals surface area (Å²) >= 11 is 1.81. The summed E-state index contributed by atoms with van der Waals surface area (Å²) in [4.78, 5) is 2.66. The van der Waals surface area contributed by atoms with E-state index in [1.807, 2.05) is 0 Å². The molecule has 0 saturated carbocycles. The van der Waals surface area contributed by atoms with E-state index in [1.54, 1.807) is 11.3 Å². The normalized spacial score (nSPS) is 24.9. The van der Waals surface area contributed by atoms with Crippen molar-refractivity contribution in [1.82, 2.24) is 10.2 Å². The molecule has 0 aliphatic carbocycles. The summed E-state index contributed by atoms with van der Waals surface area (Å²) in [5, 5.41) is 8.14. The van der Waals surface area contributed by atoms with Crippen LogP contribution in [0.1, 0.15) is 32.8 Å². The standard InChI is InChI=1S/C15H26N2S/c1-4-12(2)15-10-17(7-6-16-15)13(3)9-14-5-8-18-11-14/h5,8,11-13,15-16H,4,6-7,9-10H2,1-3H3. The summed E-state index contributed by atoms with van der Waals surface area (Å²) in [6.07, 6.45) is 2.46. The van der Waals surface area contributed by atoms with Crippen LogP contribution in [-0.2, 0) is 6.42 Å². The van der Waals surface area contributed by atoms with Gasteiger partial charge in [0.1, 0.15) is 0 Å². The van der Waals surface area contributed by atoms with E-state index in [0.29, 0.717) is 12.1 Å². The van der Waals surface area contributed by atoms with Crippen LogP contribution in [0.3, 0.4) is 0 Å². The molecule has 3 heteroatoms. The lowest BCUT2D eigenvalue weighted by molar-refractivity contribution is 0.129. The third-order valence-electron chi connectivity index (χ3n) is 4.30. The van der Waals surface area contributed by atoms with E-state index >= 15 is 0 Å². The van der Waals surface area contributed by atoms with E-state index in [0.717, 1.165) is 12.5 Å². The largest absolute Gasteiger partial charge is 0.311 e. The molecule has 0 spiro atoms. The van der Waals surface area contributed by atoms with Gasteiger partial charge in [0.2, 0.25) is 0 Å². The first-order valence-electron chi connectivity index (χ1n) is 7.19. The van der Waals surface area contributed by atoms with Gasteiger partial charge >= 0.3 is 0 Å². The number of thiophene rings is 1. The highest BCUT2D eigenvalue weighted by Gasteiger charge is 2.25. The molecule has 0 bridgehead atoms. The Kier molecular flexibility index (Phi) is 5.22. The molecule has 3 atom stereocenters. The molecule has 102 valence electrons. The minimum Gasteiger partial charge on any atom is -0.311 e. The van der Waals surface area contributed by atoms with Crippen molar-refractivity contribution in [3.63, 3.8) is 0 Å². The van der Waals surface area contributed by atoms with Crippen molar-refractivity contribution in [3.05, 3.63) is 22.4 Å². The Labute approximate surface area is 115 Å². The van der Waals surface area contributed by atoms with Crippen LogP contribution >= 0.6 is 11.3 Å². The first-order chi connectivity index (χ1) is 8.70. The first kappa shape index (κ1) is 14.0. The Bertz CT molecular complexity index is 336. The minimum absolute atomic E-state index is 0.660. The van der Waals surface area contributed by atoms with Crippen molar-refractivity contribution in [3.8, 4) is 0 Å². The monoisotopic (exact) mass is 266 g/mol. The van der Waals surface area contributed by atoms with Crippen LogP contribution in [0, 0.1) is 5.92 Å². The molecule has 2 nitrogen and oxygen atoms in total. The van der Waals surface area contributed by atoms with Crippen molar-refractivity contribution in [2.75, 3.05) is 19.6 Å². The zero-order valence-corrected chi connectivity index (χ0v) is 12.7. The SMILES string of the molecule is CCC(C)C1CN(C(C)Cc2ccsc2)CCN1. The molecule has 1 fully saturated rings. The quantitative estimate of drug-likeness (QED) is 0.881. The van der Waals surface area contributed by atoms with Gasteiger partial charge in [0.05, 0.1) is 0 Å². The summed E-state index contributed by atoms with van der Waals surface area (Å²) < 4.78 is 0. The molecular weight excluding hydrogens is 240 g/mol. The second-order valence-electron chi connectivity index (χ2n) is 5.63. The molecule has 18 heavy (non-hydrogen) atoms.